The van der Waals surface area contributed by atoms with Crippen LogP contribution in [0.2, 0.25) is 0 Å². The predicted molar refractivity (Wildman–Crippen MR) is 89.7 cm³/mol. The van der Waals surface area contributed by atoms with Crippen LogP contribution < -0.4 is 5.56 Å². The third kappa shape index (κ3) is 3.88. The maximum absolute atomic E-state index is 12.4. The van der Waals surface area contributed by atoms with E-state index in [0.29, 0.717) is 18.7 Å². The summed E-state index contributed by atoms with van der Waals surface area (Å²) in [7, 11) is 1.77. The van der Waals surface area contributed by atoms with E-state index in [4.69, 9.17) is 0 Å². The largest absolute Gasteiger partial charge is 0.342 e. The summed E-state index contributed by atoms with van der Waals surface area (Å²) in [5.41, 5.74) is 3.62. The van der Waals surface area contributed by atoms with Crippen LogP contribution in [0.5, 0.6) is 0 Å². The van der Waals surface area contributed by atoms with E-state index in [9.17, 15) is 9.59 Å². The number of amides is 1. The zero-order valence-electron chi connectivity index (χ0n) is 14.2. The lowest BCUT2D eigenvalue weighted by molar-refractivity contribution is 0.0793. The highest BCUT2D eigenvalue weighted by molar-refractivity contribution is 5.93. The van der Waals surface area contributed by atoms with Crippen LogP contribution in [-0.4, -0.2) is 39.2 Å². The Bertz CT molecular complexity index is 726. The van der Waals surface area contributed by atoms with E-state index in [1.54, 1.807) is 28.8 Å². The van der Waals surface area contributed by atoms with Gasteiger partial charge in [-0.1, -0.05) is 0 Å². The van der Waals surface area contributed by atoms with E-state index in [0.717, 1.165) is 24.2 Å². The van der Waals surface area contributed by atoms with Gasteiger partial charge in [0.2, 0.25) is 0 Å². The number of nitrogens with one attached hydrogen (secondary N) is 1. The molecule has 0 unspecified atom stereocenters. The van der Waals surface area contributed by atoms with Crippen molar-refractivity contribution < 1.29 is 4.79 Å². The number of H-pyrrole nitrogens is 1. The van der Waals surface area contributed by atoms with E-state index in [1.807, 2.05) is 20.8 Å². The highest BCUT2D eigenvalue weighted by Crippen LogP contribution is 2.12. The molecule has 1 amide bonds. The van der Waals surface area contributed by atoms with E-state index < -0.39 is 0 Å². The van der Waals surface area contributed by atoms with Gasteiger partial charge >= 0.3 is 0 Å². The monoisotopic (exact) mass is 316 g/mol. The number of aromatic nitrogens is 3. The molecule has 0 aromatic carbocycles. The third-order valence-electron chi connectivity index (χ3n) is 4.13. The van der Waals surface area contributed by atoms with Crippen LogP contribution in [0.15, 0.2) is 23.1 Å². The fourth-order valence-corrected chi connectivity index (χ4v) is 2.66. The van der Waals surface area contributed by atoms with Gasteiger partial charge in [-0.05, 0) is 45.2 Å². The van der Waals surface area contributed by atoms with Crippen molar-refractivity contribution in [3.05, 3.63) is 51.2 Å². The molecule has 0 spiro atoms. The molecule has 23 heavy (non-hydrogen) atoms. The summed E-state index contributed by atoms with van der Waals surface area (Å²) in [6, 6.07) is 3.11. The highest BCUT2D eigenvalue weighted by atomic mass is 16.2. The Labute approximate surface area is 136 Å². The third-order valence-corrected chi connectivity index (χ3v) is 4.13. The number of carbonyl (C=O) groups is 1. The summed E-state index contributed by atoms with van der Waals surface area (Å²) in [5, 5.41) is 7.15. The molecule has 2 aromatic rings. The average molecular weight is 316 g/mol. The average Bonchev–Trinajstić information content (AvgIpc) is 2.85. The van der Waals surface area contributed by atoms with Crippen LogP contribution in [0, 0.1) is 13.8 Å². The molecule has 0 aliphatic rings. The molecule has 0 fully saturated rings. The summed E-state index contributed by atoms with van der Waals surface area (Å²) >= 11 is 0. The summed E-state index contributed by atoms with van der Waals surface area (Å²) in [4.78, 5) is 25.9. The van der Waals surface area contributed by atoms with E-state index in [1.165, 1.54) is 11.6 Å². The topological polar surface area (TPSA) is 71.0 Å². The molecule has 6 nitrogen and oxygen atoms in total. The second-order valence-corrected chi connectivity index (χ2v) is 5.78. The first-order chi connectivity index (χ1) is 10.9. The molecule has 0 aliphatic carbocycles. The minimum absolute atomic E-state index is 0.119. The van der Waals surface area contributed by atoms with Crippen molar-refractivity contribution in [3.63, 3.8) is 0 Å². The molecule has 2 aromatic heterocycles. The number of hydrogen-bond donors (Lipinski definition) is 1. The Balaban J connectivity index is 1.95. The normalized spacial score (nSPS) is 10.8. The zero-order valence-corrected chi connectivity index (χ0v) is 14.2. The maximum Gasteiger partial charge on any atom is 0.253 e. The predicted octanol–water partition coefficient (Wildman–Crippen LogP) is 1.91. The van der Waals surface area contributed by atoms with Crippen LogP contribution in [-0.2, 0) is 13.0 Å². The molecule has 0 atom stereocenters. The van der Waals surface area contributed by atoms with Gasteiger partial charge < -0.3 is 9.47 Å². The molecule has 0 radical (unpaired) electrons. The number of nitrogens with zero attached hydrogens (tertiary/aromatic N) is 3. The van der Waals surface area contributed by atoms with Gasteiger partial charge in [-0.15, -0.1) is 0 Å². The second-order valence-electron chi connectivity index (χ2n) is 5.78. The lowest BCUT2D eigenvalue weighted by Gasteiger charge is -2.17. The second kappa shape index (κ2) is 7.26. The Morgan fingerprint density at radius 2 is 2.13 bits per heavy atom. The van der Waals surface area contributed by atoms with Crippen molar-refractivity contribution >= 4 is 5.91 Å². The fourth-order valence-electron chi connectivity index (χ4n) is 2.66. The van der Waals surface area contributed by atoms with Crippen molar-refractivity contribution in [1.82, 2.24) is 19.7 Å². The van der Waals surface area contributed by atoms with Crippen LogP contribution >= 0.6 is 0 Å². The van der Waals surface area contributed by atoms with Crippen LogP contribution in [0.3, 0.4) is 0 Å². The summed E-state index contributed by atoms with van der Waals surface area (Å²) < 4.78 is 1.57. The van der Waals surface area contributed by atoms with Crippen molar-refractivity contribution in [2.24, 2.45) is 0 Å². The van der Waals surface area contributed by atoms with E-state index in [2.05, 4.69) is 10.2 Å². The van der Waals surface area contributed by atoms with Gasteiger partial charge in [-0.2, -0.15) is 5.10 Å². The molecule has 6 heteroatoms. The molecule has 0 aliphatic heterocycles. The first-order valence-electron chi connectivity index (χ1n) is 7.90. The summed E-state index contributed by atoms with van der Waals surface area (Å²) in [5.74, 6) is -0.119. The van der Waals surface area contributed by atoms with Gasteiger partial charge in [-0.3, -0.25) is 14.7 Å². The molecule has 0 saturated heterocycles. The molecular weight excluding hydrogens is 292 g/mol. The summed E-state index contributed by atoms with van der Waals surface area (Å²) in [6.45, 7) is 7.13. The number of rotatable bonds is 6. The molecule has 1 N–H and O–H groups in total. The Morgan fingerprint density at radius 3 is 2.70 bits per heavy atom. The van der Waals surface area contributed by atoms with E-state index in [-0.39, 0.29) is 11.5 Å². The van der Waals surface area contributed by atoms with Gasteiger partial charge in [0.25, 0.3) is 11.5 Å². The molecule has 2 heterocycles. The minimum Gasteiger partial charge on any atom is -0.342 e. The molecule has 2 rings (SSSR count). The van der Waals surface area contributed by atoms with Gasteiger partial charge in [0.05, 0.1) is 5.69 Å². The first kappa shape index (κ1) is 17.0. The molecular formula is C17H24N4O2. The SMILES string of the molecule is CCn1ccc(C(=O)N(C)CCCc2c(C)n[nH]c2C)cc1=O. The zero-order chi connectivity index (χ0) is 17.0. The van der Waals surface area contributed by atoms with Crippen LogP contribution in [0.1, 0.15) is 40.7 Å². The Kier molecular flexibility index (Phi) is 5.36. The number of hydrogen-bond acceptors (Lipinski definition) is 3. The van der Waals surface area contributed by atoms with Crippen molar-refractivity contribution in [1.29, 1.82) is 0 Å². The highest BCUT2D eigenvalue weighted by Gasteiger charge is 2.13. The number of carbonyl (C=O) groups excluding carboxylic acids is 1. The van der Waals surface area contributed by atoms with Gasteiger partial charge in [-0.25, -0.2) is 0 Å². The first-order valence-corrected chi connectivity index (χ1v) is 7.90. The lowest BCUT2D eigenvalue weighted by Crippen LogP contribution is -2.30. The number of aromatic amines is 1. The fraction of sp³-hybridized carbons (Fsp3) is 0.471. The van der Waals surface area contributed by atoms with Crippen LogP contribution in [0.25, 0.3) is 0 Å². The standard InChI is InChI=1S/C17H24N4O2/c1-5-21-10-8-14(11-16(21)22)17(23)20(4)9-6-7-15-12(2)18-19-13(15)3/h8,10-11H,5-7,9H2,1-4H3,(H,18,19). The van der Waals surface area contributed by atoms with Gasteiger partial charge in [0.1, 0.15) is 0 Å². The molecule has 0 saturated carbocycles. The number of pyridine rings is 1. The minimum atomic E-state index is -0.142. The Hall–Kier alpha value is -2.37. The lowest BCUT2D eigenvalue weighted by atomic mass is 10.1. The van der Waals surface area contributed by atoms with Crippen molar-refractivity contribution in [2.75, 3.05) is 13.6 Å². The van der Waals surface area contributed by atoms with Crippen LogP contribution in [0.4, 0.5) is 0 Å². The number of aryl methyl sites for hydroxylation is 3. The van der Waals surface area contributed by atoms with Gasteiger partial charge in [0.15, 0.2) is 0 Å². The smallest absolute Gasteiger partial charge is 0.253 e. The summed E-state index contributed by atoms with van der Waals surface area (Å²) in [6.07, 6.45) is 3.40. The van der Waals surface area contributed by atoms with Crippen molar-refractivity contribution in [3.8, 4) is 0 Å². The maximum atomic E-state index is 12.4. The Morgan fingerprint density at radius 1 is 1.39 bits per heavy atom. The van der Waals surface area contributed by atoms with Crippen molar-refractivity contribution in [2.45, 2.75) is 40.2 Å². The molecule has 124 valence electrons. The van der Waals surface area contributed by atoms with E-state index >= 15 is 0 Å². The van der Waals surface area contributed by atoms with Gasteiger partial charge in [0, 0.05) is 43.7 Å². The quantitative estimate of drug-likeness (QED) is 0.885. The molecule has 0 bridgehead atoms.